The molecule has 0 amide bonds. The number of aromatic nitrogens is 2. The van der Waals surface area contributed by atoms with Crippen molar-refractivity contribution in [3.63, 3.8) is 0 Å². The Morgan fingerprint density at radius 3 is 2.61 bits per heavy atom. The fraction of sp³-hybridized carbons (Fsp3) is 0.500. The summed E-state index contributed by atoms with van der Waals surface area (Å²) < 4.78 is 2.26. The molecule has 4 nitrogen and oxygen atoms in total. The molecular weight excluding hydrogens is 224 g/mol. The molecule has 2 N–H and O–H groups in total. The normalized spacial score (nSPS) is 12.6. The summed E-state index contributed by atoms with van der Waals surface area (Å²) in [6, 6.07) is 5.92. The molecule has 0 bridgehead atoms. The lowest BCUT2D eigenvalue weighted by atomic mass is 10.0. The standard InChI is InChI=1S/C14H22N4/c1-10-16-12-8-11(15)6-7-13(12)18(10)9-14(2,3)17(4)5/h6-8H,9,15H2,1-5H3. The molecule has 0 unspecified atom stereocenters. The molecule has 0 fully saturated rings. The third-order valence-electron chi connectivity index (χ3n) is 3.72. The summed E-state index contributed by atoms with van der Waals surface area (Å²) in [6.45, 7) is 7.42. The van der Waals surface area contributed by atoms with Crippen molar-refractivity contribution in [3.8, 4) is 0 Å². The van der Waals surface area contributed by atoms with Crippen LogP contribution in [-0.2, 0) is 6.54 Å². The molecule has 4 heteroatoms. The Balaban J connectivity index is 2.48. The molecule has 1 aromatic carbocycles. The van der Waals surface area contributed by atoms with Gasteiger partial charge in [-0.05, 0) is 53.1 Å². The summed E-state index contributed by atoms with van der Waals surface area (Å²) in [5, 5.41) is 0. The van der Waals surface area contributed by atoms with E-state index in [1.807, 2.05) is 19.1 Å². The average molecular weight is 246 g/mol. The van der Waals surface area contributed by atoms with Crippen molar-refractivity contribution in [2.75, 3.05) is 19.8 Å². The second-order valence-corrected chi connectivity index (χ2v) is 5.70. The van der Waals surface area contributed by atoms with Crippen molar-refractivity contribution in [1.29, 1.82) is 0 Å². The maximum absolute atomic E-state index is 5.80. The number of fused-ring (bicyclic) bond motifs is 1. The molecule has 1 aromatic heterocycles. The summed E-state index contributed by atoms with van der Waals surface area (Å²) in [7, 11) is 4.21. The molecule has 0 aliphatic heterocycles. The molecule has 0 radical (unpaired) electrons. The molecule has 2 rings (SSSR count). The topological polar surface area (TPSA) is 47.1 Å². The molecular formula is C14H22N4. The number of benzene rings is 1. The number of rotatable bonds is 3. The fourth-order valence-corrected chi connectivity index (χ4v) is 2.00. The SMILES string of the molecule is Cc1nc2cc(N)ccc2n1CC(C)(C)N(C)C. The van der Waals surface area contributed by atoms with Gasteiger partial charge in [0.1, 0.15) is 5.82 Å². The Morgan fingerprint density at radius 1 is 1.33 bits per heavy atom. The quantitative estimate of drug-likeness (QED) is 0.845. The first-order valence-electron chi connectivity index (χ1n) is 6.21. The molecule has 0 spiro atoms. The highest BCUT2D eigenvalue weighted by atomic mass is 15.2. The third-order valence-corrected chi connectivity index (χ3v) is 3.72. The second-order valence-electron chi connectivity index (χ2n) is 5.70. The molecule has 0 atom stereocenters. The van der Waals surface area contributed by atoms with Crippen LogP contribution in [0.5, 0.6) is 0 Å². The maximum atomic E-state index is 5.80. The molecule has 0 saturated carbocycles. The fourth-order valence-electron chi connectivity index (χ4n) is 2.00. The Labute approximate surface area is 108 Å². The highest BCUT2D eigenvalue weighted by Gasteiger charge is 2.23. The van der Waals surface area contributed by atoms with Crippen LogP contribution < -0.4 is 5.73 Å². The molecule has 0 saturated heterocycles. The molecule has 0 aliphatic carbocycles. The van der Waals surface area contributed by atoms with Crippen molar-refractivity contribution < 1.29 is 0 Å². The van der Waals surface area contributed by atoms with Gasteiger partial charge >= 0.3 is 0 Å². The number of likely N-dealkylation sites (N-methyl/N-ethyl adjacent to an activating group) is 1. The van der Waals surface area contributed by atoms with Crippen LogP contribution in [0.25, 0.3) is 11.0 Å². The van der Waals surface area contributed by atoms with E-state index in [1.54, 1.807) is 0 Å². The predicted octanol–water partition coefficient (Wildman–Crippen LogP) is 2.27. The van der Waals surface area contributed by atoms with Crippen LogP contribution in [0.1, 0.15) is 19.7 Å². The Morgan fingerprint density at radius 2 is 2.00 bits per heavy atom. The molecule has 98 valence electrons. The van der Waals surface area contributed by atoms with E-state index in [2.05, 4.69) is 48.5 Å². The smallest absolute Gasteiger partial charge is 0.106 e. The highest BCUT2D eigenvalue weighted by molar-refractivity contribution is 5.79. The second kappa shape index (κ2) is 4.28. The van der Waals surface area contributed by atoms with Crippen molar-refractivity contribution in [2.24, 2.45) is 0 Å². The third kappa shape index (κ3) is 2.20. The van der Waals surface area contributed by atoms with Gasteiger partial charge in [-0.15, -0.1) is 0 Å². The lowest BCUT2D eigenvalue weighted by Crippen LogP contribution is -2.42. The van der Waals surface area contributed by atoms with E-state index < -0.39 is 0 Å². The number of hydrogen-bond acceptors (Lipinski definition) is 3. The van der Waals surface area contributed by atoms with E-state index in [9.17, 15) is 0 Å². The van der Waals surface area contributed by atoms with Crippen molar-refractivity contribution in [2.45, 2.75) is 32.9 Å². The Kier molecular flexibility index (Phi) is 3.07. The van der Waals surface area contributed by atoms with Crippen LogP contribution in [0.15, 0.2) is 18.2 Å². The molecule has 1 heterocycles. The van der Waals surface area contributed by atoms with Crippen molar-refractivity contribution in [3.05, 3.63) is 24.0 Å². The van der Waals surface area contributed by atoms with E-state index in [1.165, 1.54) is 0 Å². The first-order valence-corrected chi connectivity index (χ1v) is 6.21. The van der Waals surface area contributed by atoms with Crippen LogP contribution in [0.4, 0.5) is 5.69 Å². The minimum absolute atomic E-state index is 0.0831. The highest BCUT2D eigenvalue weighted by Crippen LogP contribution is 2.22. The summed E-state index contributed by atoms with van der Waals surface area (Å²) in [6.07, 6.45) is 0. The number of hydrogen-bond donors (Lipinski definition) is 1. The minimum Gasteiger partial charge on any atom is -0.399 e. The van der Waals surface area contributed by atoms with Gasteiger partial charge in [0, 0.05) is 17.8 Å². The maximum Gasteiger partial charge on any atom is 0.106 e. The monoisotopic (exact) mass is 246 g/mol. The van der Waals surface area contributed by atoms with Gasteiger partial charge in [0.2, 0.25) is 0 Å². The van der Waals surface area contributed by atoms with Gasteiger partial charge < -0.3 is 15.2 Å². The number of nitrogen functional groups attached to an aromatic ring is 1. The van der Waals surface area contributed by atoms with Crippen LogP contribution in [0.2, 0.25) is 0 Å². The largest absolute Gasteiger partial charge is 0.399 e. The van der Waals surface area contributed by atoms with Crippen molar-refractivity contribution in [1.82, 2.24) is 14.5 Å². The van der Waals surface area contributed by atoms with E-state index in [0.29, 0.717) is 0 Å². The molecule has 0 aliphatic rings. The van der Waals surface area contributed by atoms with Crippen LogP contribution in [-0.4, -0.2) is 34.1 Å². The summed E-state index contributed by atoms with van der Waals surface area (Å²) in [4.78, 5) is 6.81. The first kappa shape index (κ1) is 12.9. The first-order chi connectivity index (χ1) is 8.31. The Bertz CT molecular complexity index is 566. The zero-order valence-corrected chi connectivity index (χ0v) is 11.9. The number of anilines is 1. The van der Waals surface area contributed by atoms with Crippen LogP contribution >= 0.6 is 0 Å². The Hall–Kier alpha value is -1.55. The number of nitrogens with zero attached hydrogens (tertiary/aromatic N) is 3. The summed E-state index contributed by atoms with van der Waals surface area (Å²) in [5.41, 5.74) is 8.77. The minimum atomic E-state index is 0.0831. The van der Waals surface area contributed by atoms with Crippen LogP contribution in [0, 0.1) is 6.92 Å². The van der Waals surface area contributed by atoms with Gasteiger partial charge in [-0.1, -0.05) is 0 Å². The lowest BCUT2D eigenvalue weighted by molar-refractivity contribution is 0.170. The average Bonchev–Trinajstić information content (AvgIpc) is 2.54. The van der Waals surface area contributed by atoms with E-state index in [0.717, 1.165) is 29.1 Å². The summed E-state index contributed by atoms with van der Waals surface area (Å²) >= 11 is 0. The molecule has 2 aromatic rings. The van der Waals surface area contributed by atoms with Gasteiger partial charge in [0.05, 0.1) is 11.0 Å². The molecule has 18 heavy (non-hydrogen) atoms. The van der Waals surface area contributed by atoms with Gasteiger partial charge in [0.25, 0.3) is 0 Å². The van der Waals surface area contributed by atoms with Crippen molar-refractivity contribution >= 4 is 16.7 Å². The van der Waals surface area contributed by atoms with E-state index in [-0.39, 0.29) is 5.54 Å². The van der Waals surface area contributed by atoms with E-state index in [4.69, 9.17) is 5.73 Å². The number of imidazole rings is 1. The van der Waals surface area contributed by atoms with Gasteiger partial charge in [-0.2, -0.15) is 0 Å². The zero-order valence-electron chi connectivity index (χ0n) is 11.9. The summed E-state index contributed by atoms with van der Waals surface area (Å²) in [5.74, 6) is 1.03. The number of nitrogens with two attached hydrogens (primary N) is 1. The van der Waals surface area contributed by atoms with Gasteiger partial charge in [-0.25, -0.2) is 4.98 Å². The van der Waals surface area contributed by atoms with Gasteiger partial charge in [-0.3, -0.25) is 0 Å². The number of aryl methyl sites for hydroxylation is 1. The predicted molar refractivity (Wildman–Crippen MR) is 76.6 cm³/mol. The van der Waals surface area contributed by atoms with E-state index >= 15 is 0 Å². The van der Waals surface area contributed by atoms with Crippen LogP contribution in [0.3, 0.4) is 0 Å². The van der Waals surface area contributed by atoms with Gasteiger partial charge in [0.15, 0.2) is 0 Å². The zero-order chi connectivity index (χ0) is 13.5. The lowest BCUT2D eigenvalue weighted by Gasteiger charge is -2.33.